The number of nitrogens with one attached hydrogen (secondary N) is 1. The van der Waals surface area contributed by atoms with Crippen LogP contribution in [0, 0.1) is 10.1 Å². The molecule has 0 bridgehead atoms. The minimum Gasteiger partial charge on any atom is -0.258 e. The van der Waals surface area contributed by atoms with Gasteiger partial charge in [-0.25, -0.2) is 13.1 Å². The summed E-state index contributed by atoms with van der Waals surface area (Å²) in [5.74, 6) is 0. The van der Waals surface area contributed by atoms with Crippen molar-refractivity contribution in [2.24, 2.45) is 0 Å². The molecule has 0 amide bonds. The number of hydrogen-bond donors (Lipinski definition) is 1. The van der Waals surface area contributed by atoms with Gasteiger partial charge in [-0.2, -0.15) is 0 Å². The second kappa shape index (κ2) is 7.76. The van der Waals surface area contributed by atoms with E-state index in [0.717, 1.165) is 12.8 Å². The van der Waals surface area contributed by atoms with Crippen LogP contribution in [0.5, 0.6) is 0 Å². The molecule has 0 saturated carbocycles. The number of para-hydroxylation sites is 1. The Kier molecular flexibility index (Phi) is 6.33. The largest absolute Gasteiger partial charge is 0.289 e. The van der Waals surface area contributed by atoms with Crippen LogP contribution in [0.3, 0.4) is 0 Å². The van der Waals surface area contributed by atoms with Gasteiger partial charge in [0.1, 0.15) is 0 Å². The average Bonchev–Trinajstić information content (AvgIpc) is 2.42. The third kappa shape index (κ3) is 4.75. The molecule has 0 aromatic heterocycles. The number of rotatable bonds is 8. The molecule has 0 heterocycles. The van der Waals surface area contributed by atoms with Gasteiger partial charge < -0.3 is 0 Å². The Labute approximate surface area is 118 Å². The molecule has 0 aliphatic carbocycles. The first kappa shape index (κ1) is 16.3. The number of unbranched alkanes of at least 4 members (excludes halogenated alkanes) is 1. The van der Waals surface area contributed by atoms with Gasteiger partial charge in [-0.05, 0) is 18.9 Å². The van der Waals surface area contributed by atoms with E-state index >= 15 is 0 Å². The zero-order chi connectivity index (χ0) is 15.0. The number of nitro benzene ring substituents is 1. The number of benzene rings is 1. The lowest BCUT2D eigenvalue weighted by Crippen LogP contribution is -2.25. The van der Waals surface area contributed by atoms with E-state index in [2.05, 4.69) is 11.6 Å². The average molecular weight is 298 g/mol. The summed E-state index contributed by atoms with van der Waals surface area (Å²) in [6, 6.07) is 5.30. The van der Waals surface area contributed by atoms with Crippen LogP contribution < -0.4 is 4.72 Å². The van der Waals surface area contributed by atoms with Gasteiger partial charge in [0.15, 0.2) is 4.90 Å². The standard InChI is InChI=1S/C13H18N2O4S/c1-2-3-4-5-8-11-14-20(18,19)13-10-7-6-9-12(13)15(16)17/h4-7,9-10,14H,2-3,8,11H2,1H3/b5-4+. The van der Waals surface area contributed by atoms with Crippen LogP contribution in [0.25, 0.3) is 0 Å². The van der Waals surface area contributed by atoms with Crippen molar-refractivity contribution in [2.45, 2.75) is 31.1 Å². The van der Waals surface area contributed by atoms with Crippen LogP contribution in [-0.4, -0.2) is 19.9 Å². The van der Waals surface area contributed by atoms with Crippen molar-refractivity contribution in [1.82, 2.24) is 4.72 Å². The Morgan fingerprint density at radius 1 is 1.25 bits per heavy atom. The maximum atomic E-state index is 12.0. The fraction of sp³-hybridized carbons (Fsp3) is 0.385. The van der Waals surface area contributed by atoms with Crippen molar-refractivity contribution in [3.8, 4) is 0 Å². The zero-order valence-electron chi connectivity index (χ0n) is 11.3. The zero-order valence-corrected chi connectivity index (χ0v) is 12.1. The minimum absolute atomic E-state index is 0.217. The van der Waals surface area contributed by atoms with Gasteiger partial charge in [0.25, 0.3) is 5.69 Å². The highest BCUT2D eigenvalue weighted by Gasteiger charge is 2.24. The van der Waals surface area contributed by atoms with E-state index in [1.807, 2.05) is 12.2 Å². The summed E-state index contributed by atoms with van der Waals surface area (Å²) in [7, 11) is -3.85. The molecule has 0 aliphatic rings. The van der Waals surface area contributed by atoms with E-state index in [-0.39, 0.29) is 11.4 Å². The summed E-state index contributed by atoms with van der Waals surface area (Å²) in [6.45, 7) is 2.27. The number of nitrogens with zero attached hydrogens (tertiary/aromatic N) is 1. The monoisotopic (exact) mass is 298 g/mol. The minimum atomic E-state index is -3.85. The van der Waals surface area contributed by atoms with Crippen molar-refractivity contribution in [1.29, 1.82) is 0 Å². The summed E-state index contributed by atoms with van der Waals surface area (Å²) >= 11 is 0. The van der Waals surface area contributed by atoms with E-state index < -0.39 is 20.6 Å². The molecule has 6 nitrogen and oxygen atoms in total. The second-order valence-corrected chi connectivity index (χ2v) is 5.91. The molecule has 0 unspecified atom stereocenters. The van der Waals surface area contributed by atoms with Gasteiger partial charge in [-0.3, -0.25) is 10.1 Å². The van der Waals surface area contributed by atoms with E-state index in [0.29, 0.717) is 6.42 Å². The highest BCUT2D eigenvalue weighted by atomic mass is 32.2. The molecule has 0 atom stereocenters. The number of hydrogen-bond acceptors (Lipinski definition) is 4. The lowest BCUT2D eigenvalue weighted by Gasteiger charge is -2.05. The van der Waals surface area contributed by atoms with Crippen LogP contribution in [0.2, 0.25) is 0 Å². The first-order valence-corrected chi connectivity index (χ1v) is 7.85. The summed E-state index contributed by atoms with van der Waals surface area (Å²) < 4.78 is 26.4. The summed E-state index contributed by atoms with van der Waals surface area (Å²) in [5, 5.41) is 10.8. The molecule has 7 heteroatoms. The SMILES string of the molecule is CCC/C=C/CCNS(=O)(=O)c1ccccc1[N+](=O)[O-]. The van der Waals surface area contributed by atoms with Crippen LogP contribution in [0.4, 0.5) is 5.69 Å². The lowest BCUT2D eigenvalue weighted by atomic mass is 10.3. The molecular weight excluding hydrogens is 280 g/mol. The second-order valence-electron chi connectivity index (χ2n) is 4.17. The normalized spacial score (nSPS) is 11.8. The topological polar surface area (TPSA) is 89.3 Å². The first-order chi connectivity index (χ1) is 9.49. The van der Waals surface area contributed by atoms with E-state index in [9.17, 15) is 18.5 Å². The molecule has 1 rings (SSSR count). The van der Waals surface area contributed by atoms with E-state index in [4.69, 9.17) is 0 Å². The maximum Gasteiger partial charge on any atom is 0.289 e. The van der Waals surface area contributed by atoms with Crippen molar-refractivity contribution in [2.75, 3.05) is 6.54 Å². The Balaban J connectivity index is 2.72. The van der Waals surface area contributed by atoms with Crippen molar-refractivity contribution < 1.29 is 13.3 Å². The molecule has 0 radical (unpaired) electrons. The number of sulfonamides is 1. The Morgan fingerprint density at radius 3 is 2.55 bits per heavy atom. The molecular formula is C13H18N2O4S. The maximum absolute atomic E-state index is 12.0. The molecule has 20 heavy (non-hydrogen) atoms. The molecule has 0 fully saturated rings. The van der Waals surface area contributed by atoms with Gasteiger partial charge in [-0.15, -0.1) is 0 Å². The molecule has 1 aromatic carbocycles. The molecule has 1 N–H and O–H groups in total. The van der Waals surface area contributed by atoms with Crippen LogP contribution in [-0.2, 0) is 10.0 Å². The Bertz CT molecular complexity index is 582. The quantitative estimate of drug-likeness (QED) is 0.346. The summed E-state index contributed by atoms with van der Waals surface area (Å²) in [5.41, 5.74) is -0.415. The molecule has 0 aliphatic heterocycles. The molecule has 0 saturated heterocycles. The van der Waals surface area contributed by atoms with E-state index in [1.165, 1.54) is 24.3 Å². The smallest absolute Gasteiger partial charge is 0.258 e. The predicted molar refractivity (Wildman–Crippen MR) is 76.9 cm³/mol. The number of allylic oxidation sites excluding steroid dienone is 1. The summed E-state index contributed by atoms with van der Waals surface area (Å²) in [4.78, 5) is 9.82. The first-order valence-electron chi connectivity index (χ1n) is 6.37. The van der Waals surface area contributed by atoms with Crippen molar-refractivity contribution in [3.63, 3.8) is 0 Å². The van der Waals surface area contributed by atoms with Gasteiger partial charge in [-0.1, -0.05) is 37.6 Å². The Morgan fingerprint density at radius 2 is 1.90 bits per heavy atom. The van der Waals surface area contributed by atoms with E-state index in [1.54, 1.807) is 0 Å². The van der Waals surface area contributed by atoms with Crippen LogP contribution in [0.1, 0.15) is 26.2 Å². The van der Waals surface area contributed by atoms with Gasteiger partial charge in [0, 0.05) is 12.6 Å². The highest BCUT2D eigenvalue weighted by Crippen LogP contribution is 2.22. The summed E-state index contributed by atoms with van der Waals surface area (Å²) in [6.07, 6.45) is 6.43. The lowest BCUT2D eigenvalue weighted by molar-refractivity contribution is -0.387. The van der Waals surface area contributed by atoms with Gasteiger partial charge >= 0.3 is 0 Å². The molecule has 1 aromatic rings. The highest BCUT2D eigenvalue weighted by molar-refractivity contribution is 7.89. The van der Waals surface area contributed by atoms with Crippen molar-refractivity contribution >= 4 is 15.7 Å². The van der Waals surface area contributed by atoms with Gasteiger partial charge in [0.05, 0.1) is 4.92 Å². The fourth-order valence-corrected chi connectivity index (χ4v) is 2.81. The fourth-order valence-electron chi connectivity index (χ4n) is 1.59. The predicted octanol–water partition coefficient (Wildman–Crippen LogP) is 2.62. The van der Waals surface area contributed by atoms with Crippen LogP contribution in [0.15, 0.2) is 41.3 Å². The third-order valence-corrected chi connectivity index (χ3v) is 4.08. The molecule has 110 valence electrons. The molecule has 0 spiro atoms. The number of nitro groups is 1. The van der Waals surface area contributed by atoms with Crippen molar-refractivity contribution in [3.05, 3.63) is 46.5 Å². The Hall–Kier alpha value is -1.73. The van der Waals surface area contributed by atoms with Crippen LogP contribution >= 0.6 is 0 Å². The third-order valence-electron chi connectivity index (χ3n) is 2.58. The van der Waals surface area contributed by atoms with Gasteiger partial charge in [0.2, 0.25) is 10.0 Å².